The van der Waals surface area contributed by atoms with Gasteiger partial charge in [-0.25, -0.2) is 9.97 Å². The molecule has 2 rings (SSSR count). The number of aliphatic carboxylic acids is 1. The van der Waals surface area contributed by atoms with Gasteiger partial charge in [0.25, 0.3) is 0 Å². The Balaban J connectivity index is 2.17. The standard InChI is InChI=1S/C11H12N4O2/c12-5-9-3-4-13-11(14-9)15(7-10(16)17)6-8-1-2-8/h3-4,8H,1-2,6-7H2,(H,16,17). The molecule has 1 aromatic rings. The number of rotatable bonds is 5. The van der Waals surface area contributed by atoms with Crippen molar-refractivity contribution in [2.24, 2.45) is 5.92 Å². The number of anilines is 1. The summed E-state index contributed by atoms with van der Waals surface area (Å²) < 4.78 is 0. The average molecular weight is 232 g/mol. The van der Waals surface area contributed by atoms with Crippen molar-refractivity contribution in [2.75, 3.05) is 18.0 Å². The molecular weight excluding hydrogens is 220 g/mol. The molecule has 0 aliphatic heterocycles. The summed E-state index contributed by atoms with van der Waals surface area (Å²) in [6.07, 6.45) is 3.71. The van der Waals surface area contributed by atoms with Gasteiger partial charge in [-0.3, -0.25) is 4.79 Å². The number of nitriles is 1. The van der Waals surface area contributed by atoms with Crippen molar-refractivity contribution in [3.63, 3.8) is 0 Å². The van der Waals surface area contributed by atoms with Crippen LogP contribution in [0.2, 0.25) is 0 Å². The van der Waals surface area contributed by atoms with Crippen molar-refractivity contribution >= 4 is 11.9 Å². The van der Waals surface area contributed by atoms with Crippen LogP contribution in [0, 0.1) is 17.2 Å². The second-order valence-electron chi connectivity index (χ2n) is 4.07. The number of hydrogen-bond donors (Lipinski definition) is 1. The molecule has 1 aliphatic rings. The van der Waals surface area contributed by atoms with Crippen LogP contribution in [-0.4, -0.2) is 34.1 Å². The Morgan fingerprint density at radius 2 is 2.41 bits per heavy atom. The van der Waals surface area contributed by atoms with Crippen LogP contribution in [0.3, 0.4) is 0 Å². The normalized spacial score (nSPS) is 14.1. The molecule has 0 saturated heterocycles. The molecule has 6 nitrogen and oxygen atoms in total. The molecule has 0 spiro atoms. The zero-order valence-corrected chi connectivity index (χ0v) is 9.20. The molecule has 0 amide bonds. The van der Waals surface area contributed by atoms with E-state index in [1.54, 1.807) is 4.90 Å². The Labute approximate surface area is 98.5 Å². The third-order valence-corrected chi connectivity index (χ3v) is 2.54. The summed E-state index contributed by atoms with van der Waals surface area (Å²) >= 11 is 0. The monoisotopic (exact) mass is 232 g/mol. The summed E-state index contributed by atoms with van der Waals surface area (Å²) in [5.41, 5.74) is 0.251. The summed E-state index contributed by atoms with van der Waals surface area (Å²) in [4.78, 5) is 20.4. The number of aromatic nitrogens is 2. The van der Waals surface area contributed by atoms with Crippen molar-refractivity contribution in [1.29, 1.82) is 5.26 Å². The molecule has 1 fully saturated rings. The lowest BCUT2D eigenvalue weighted by atomic mass is 10.3. The van der Waals surface area contributed by atoms with Gasteiger partial charge in [-0.05, 0) is 24.8 Å². The Morgan fingerprint density at radius 3 is 3.00 bits per heavy atom. The van der Waals surface area contributed by atoms with Gasteiger partial charge in [0.15, 0.2) is 0 Å². The molecule has 17 heavy (non-hydrogen) atoms. The molecule has 1 saturated carbocycles. The van der Waals surface area contributed by atoms with Crippen molar-refractivity contribution in [2.45, 2.75) is 12.8 Å². The lowest BCUT2D eigenvalue weighted by Gasteiger charge is -2.19. The lowest BCUT2D eigenvalue weighted by Crippen LogP contribution is -2.33. The number of nitrogens with zero attached hydrogens (tertiary/aromatic N) is 4. The molecule has 0 unspecified atom stereocenters. The van der Waals surface area contributed by atoms with Gasteiger partial charge in [-0.15, -0.1) is 0 Å². The highest BCUT2D eigenvalue weighted by Gasteiger charge is 2.26. The second kappa shape index (κ2) is 4.78. The summed E-state index contributed by atoms with van der Waals surface area (Å²) in [6, 6.07) is 3.42. The van der Waals surface area contributed by atoms with Crippen LogP contribution in [-0.2, 0) is 4.79 Å². The topological polar surface area (TPSA) is 90.1 Å². The zero-order chi connectivity index (χ0) is 12.3. The van der Waals surface area contributed by atoms with Gasteiger partial charge in [0.2, 0.25) is 5.95 Å². The van der Waals surface area contributed by atoms with Crippen LogP contribution < -0.4 is 4.90 Å². The molecule has 1 heterocycles. The number of carboxylic acids is 1. The summed E-state index contributed by atoms with van der Waals surface area (Å²) in [6.45, 7) is 0.507. The van der Waals surface area contributed by atoms with Crippen LogP contribution in [0.5, 0.6) is 0 Å². The van der Waals surface area contributed by atoms with E-state index in [4.69, 9.17) is 10.4 Å². The number of hydrogen-bond acceptors (Lipinski definition) is 5. The highest BCUT2D eigenvalue weighted by Crippen LogP contribution is 2.30. The van der Waals surface area contributed by atoms with Crippen molar-refractivity contribution in [3.8, 4) is 6.07 Å². The Hall–Kier alpha value is -2.16. The van der Waals surface area contributed by atoms with Crippen LogP contribution in [0.1, 0.15) is 18.5 Å². The van der Waals surface area contributed by atoms with Crippen LogP contribution in [0.4, 0.5) is 5.95 Å². The van der Waals surface area contributed by atoms with Crippen LogP contribution in [0.25, 0.3) is 0 Å². The van der Waals surface area contributed by atoms with E-state index in [1.165, 1.54) is 12.3 Å². The minimum absolute atomic E-state index is 0.134. The van der Waals surface area contributed by atoms with Crippen molar-refractivity contribution < 1.29 is 9.90 Å². The zero-order valence-electron chi connectivity index (χ0n) is 9.20. The second-order valence-corrected chi connectivity index (χ2v) is 4.07. The summed E-state index contributed by atoms with van der Waals surface area (Å²) in [5, 5.41) is 17.6. The van der Waals surface area contributed by atoms with Crippen LogP contribution >= 0.6 is 0 Å². The van der Waals surface area contributed by atoms with Crippen LogP contribution in [0.15, 0.2) is 12.3 Å². The summed E-state index contributed by atoms with van der Waals surface area (Å²) in [7, 11) is 0. The summed E-state index contributed by atoms with van der Waals surface area (Å²) in [5.74, 6) is -0.0707. The minimum Gasteiger partial charge on any atom is -0.480 e. The van der Waals surface area contributed by atoms with Gasteiger partial charge in [0.1, 0.15) is 18.3 Å². The number of carbonyl (C=O) groups is 1. The Bertz CT molecular complexity index is 465. The molecular formula is C11H12N4O2. The van der Waals surface area contributed by atoms with E-state index in [2.05, 4.69) is 9.97 Å². The maximum absolute atomic E-state index is 10.8. The average Bonchev–Trinajstić information content (AvgIpc) is 3.12. The van der Waals surface area contributed by atoms with E-state index in [9.17, 15) is 4.79 Å². The first-order valence-corrected chi connectivity index (χ1v) is 5.39. The molecule has 1 aromatic heterocycles. The SMILES string of the molecule is N#Cc1ccnc(N(CC(=O)O)CC2CC2)n1. The molecule has 6 heteroatoms. The third-order valence-electron chi connectivity index (χ3n) is 2.54. The number of carboxylic acid groups (broad SMARTS) is 1. The van der Waals surface area contributed by atoms with E-state index < -0.39 is 5.97 Å². The minimum atomic E-state index is -0.920. The smallest absolute Gasteiger partial charge is 0.323 e. The van der Waals surface area contributed by atoms with Crippen molar-refractivity contribution in [1.82, 2.24) is 9.97 Å². The maximum Gasteiger partial charge on any atom is 0.323 e. The molecule has 88 valence electrons. The lowest BCUT2D eigenvalue weighted by molar-refractivity contribution is -0.135. The fourth-order valence-electron chi connectivity index (χ4n) is 1.56. The largest absolute Gasteiger partial charge is 0.480 e. The Kier molecular flexibility index (Phi) is 3.19. The van der Waals surface area contributed by atoms with E-state index >= 15 is 0 Å². The van der Waals surface area contributed by atoms with Gasteiger partial charge in [0, 0.05) is 12.7 Å². The molecule has 0 radical (unpaired) electrons. The highest BCUT2D eigenvalue weighted by atomic mass is 16.4. The third kappa shape index (κ3) is 3.14. The molecule has 1 aliphatic carbocycles. The molecule has 0 atom stereocenters. The van der Waals surface area contributed by atoms with E-state index in [0.717, 1.165) is 12.8 Å². The van der Waals surface area contributed by atoms with Crippen molar-refractivity contribution in [3.05, 3.63) is 18.0 Å². The maximum atomic E-state index is 10.8. The predicted octanol–water partition coefficient (Wildman–Crippen LogP) is 0.649. The fourth-order valence-corrected chi connectivity index (χ4v) is 1.56. The van der Waals surface area contributed by atoms with Gasteiger partial charge < -0.3 is 10.0 Å². The van der Waals surface area contributed by atoms with Gasteiger partial charge in [-0.2, -0.15) is 5.26 Å². The first-order valence-electron chi connectivity index (χ1n) is 5.39. The van der Waals surface area contributed by atoms with E-state index in [1.807, 2.05) is 6.07 Å². The van der Waals surface area contributed by atoms with Gasteiger partial charge >= 0.3 is 5.97 Å². The first-order chi connectivity index (χ1) is 8.19. The predicted molar refractivity (Wildman–Crippen MR) is 59.3 cm³/mol. The fraction of sp³-hybridized carbons (Fsp3) is 0.455. The molecule has 0 bridgehead atoms. The van der Waals surface area contributed by atoms with Gasteiger partial charge in [-0.1, -0.05) is 0 Å². The Morgan fingerprint density at radius 1 is 1.65 bits per heavy atom. The quantitative estimate of drug-likeness (QED) is 0.801. The first kappa shape index (κ1) is 11.3. The molecule has 0 aromatic carbocycles. The van der Waals surface area contributed by atoms with E-state index in [0.29, 0.717) is 18.4 Å². The van der Waals surface area contributed by atoms with E-state index in [-0.39, 0.29) is 12.2 Å². The van der Waals surface area contributed by atoms with Gasteiger partial charge in [0.05, 0.1) is 0 Å². The molecule has 1 N–H and O–H groups in total. The highest BCUT2D eigenvalue weighted by molar-refractivity contribution is 5.72.